The van der Waals surface area contributed by atoms with Crippen LogP contribution < -0.4 is 0 Å². The van der Waals surface area contributed by atoms with Crippen LogP contribution in [0.5, 0.6) is 0 Å². The van der Waals surface area contributed by atoms with Gasteiger partial charge in [0.05, 0.1) is 0 Å². The standard InChI is InChI=1S/C8H11NO2S/c1-6(2)7-3-4-8(9-5-7)12(10)11/h3-6H,1-2H3,(H,10,11)/p-1. The number of hydrogen-bond donors (Lipinski definition) is 0. The van der Waals surface area contributed by atoms with E-state index in [1.807, 2.05) is 13.8 Å². The number of hydrogen-bond acceptors (Lipinski definition) is 3. The maximum Gasteiger partial charge on any atom is 0.113 e. The topological polar surface area (TPSA) is 53.0 Å². The lowest BCUT2D eigenvalue weighted by Crippen LogP contribution is -1.95. The Morgan fingerprint density at radius 2 is 2.17 bits per heavy atom. The summed E-state index contributed by atoms with van der Waals surface area (Å²) in [5.74, 6) is 0.381. The molecule has 0 saturated heterocycles. The summed E-state index contributed by atoms with van der Waals surface area (Å²) in [5.41, 5.74) is 1.05. The minimum atomic E-state index is -2.21. The molecule has 0 amide bonds. The fourth-order valence-corrected chi connectivity index (χ4v) is 1.15. The third-order valence-electron chi connectivity index (χ3n) is 1.60. The Morgan fingerprint density at radius 3 is 2.50 bits per heavy atom. The zero-order valence-electron chi connectivity index (χ0n) is 6.98. The summed E-state index contributed by atoms with van der Waals surface area (Å²) in [7, 11) is 0. The van der Waals surface area contributed by atoms with Crippen molar-refractivity contribution in [2.24, 2.45) is 0 Å². The highest BCUT2D eigenvalue weighted by Gasteiger charge is 1.99. The summed E-state index contributed by atoms with van der Waals surface area (Å²) >= 11 is -2.21. The van der Waals surface area contributed by atoms with Crippen LogP contribution in [0.3, 0.4) is 0 Å². The maximum absolute atomic E-state index is 10.4. The van der Waals surface area contributed by atoms with Gasteiger partial charge < -0.3 is 4.55 Å². The lowest BCUT2D eigenvalue weighted by atomic mass is 10.1. The van der Waals surface area contributed by atoms with Crippen LogP contribution in [0, 0.1) is 0 Å². The summed E-state index contributed by atoms with van der Waals surface area (Å²) in [4.78, 5) is 3.79. The Kier molecular flexibility index (Phi) is 2.94. The van der Waals surface area contributed by atoms with Gasteiger partial charge in [-0.2, -0.15) is 0 Å². The van der Waals surface area contributed by atoms with Crippen molar-refractivity contribution in [3.8, 4) is 0 Å². The first kappa shape index (κ1) is 9.35. The van der Waals surface area contributed by atoms with E-state index in [1.54, 1.807) is 12.3 Å². The Morgan fingerprint density at radius 1 is 1.50 bits per heavy atom. The van der Waals surface area contributed by atoms with E-state index in [1.165, 1.54) is 6.07 Å². The van der Waals surface area contributed by atoms with Gasteiger partial charge in [-0.25, -0.2) is 4.98 Å². The first-order valence-corrected chi connectivity index (χ1v) is 4.74. The van der Waals surface area contributed by atoms with Crippen molar-refractivity contribution in [2.75, 3.05) is 0 Å². The summed E-state index contributed by atoms with van der Waals surface area (Å²) in [5, 5.41) is 0.0967. The van der Waals surface area contributed by atoms with Crippen molar-refractivity contribution in [3.05, 3.63) is 23.9 Å². The van der Waals surface area contributed by atoms with Gasteiger partial charge in [0.2, 0.25) is 0 Å². The molecule has 0 aliphatic rings. The van der Waals surface area contributed by atoms with Gasteiger partial charge in [-0.3, -0.25) is 4.21 Å². The molecule has 1 rings (SSSR count). The van der Waals surface area contributed by atoms with Crippen LogP contribution in [-0.4, -0.2) is 13.7 Å². The molecule has 12 heavy (non-hydrogen) atoms. The van der Waals surface area contributed by atoms with E-state index in [2.05, 4.69) is 4.98 Å². The first-order valence-electron chi connectivity index (χ1n) is 3.66. The Bertz CT molecular complexity index is 282. The van der Waals surface area contributed by atoms with E-state index in [4.69, 9.17) is 0 Å². The van der Waals surface area contributed by atoms with E-state index in [9.17, 15) is 8.76 Å². The summed E-state index contributed by atoms with van der Waals surface area (Å²) in [6, 6.07) is 3.29. The number of nitrogens with zero attached hydrogens (tertiary/aromatic N) is 1. The van der Waals surface area contributed by atoms with Crippen molar-refractivity contribution >= 4 is 11.1 Å². The second kappa shape index (κ2) is 3.78. The molecule has 0 N–H and O–H groups in total. The minimum absolute atomic E-state index is 0.0967. The monoisotopic (exact) mass is 184 g/mol. The minimum Gasteiger partial charge on any atom is -0.767 e. The van der Waals surface area contributed by atoms with Gasteiger partial charge in [0.25, 0.3) is 0 Å². The van der Waals surface area contributed by atoms with Crippen LogP contribution in [0.25, 0.3) is 0 Å². The van der Waals surface area contributed by atoms with Gasteiger partial charge >= 0.3 is 0 Å². The fraction of sp³-hybridized carbons (Fsp3) is 0.375. The van der Waals surface area contributed by atoms with Crippen molar-refractivity contribution in [3.63, 3.8) is 0 Å². The van der Waals surface area contributed by atoms with Crippen molar-refractivity contribution in [1.29, 1.82) is 0 Å². The molecule has 0 aliphatic carbocycles. The smallest absolute Gasteiger partial charge is 0.113 e. The summed E-state index contributed by atoms with van der Waals surface area (Å²) < 4.78 is 20.8. The largest absolute Gasteiger partial charge is 0.767 e. The van der Waals surface area contributed by atoms with Gasteiger partial charge in [-0.15, -0.1) is 0 Å². The van der Waals surface area contributed by atoms with Gasteiger partial charge in [-0.1, -0.05) is 19.9 Å². The number of aromatic nitrogens is 1. The molecule has 4 heteroatoms. The van der Waals surface area contributed by atoms with Crippen molar-refractivity contribution < 1.29 is 8.76 Å². The fourth-order valence-electron chi connectivity index (χ4n) is 0.832. The number of rotatable bonds is 2. The lowest BCUT2D eigenvalue weighted by Gasteiger charge is -2.07. The van der Waals surface area contributed by atoms with E-state index < -0.39 is 11.1 Å². The highest BCUT2D eigenvalue weighted by atomic mass is 32.2. The van der Waals surface area contributed by atoms with E-state index in [0.717, 1.165) is 5.56 Å². The molecule has 1 heterocycles. The Balaban J connectivity index is 2.93. The van der Waals surface area contributed by atoms with Crippen LogP contribution in [-0.2, 0) is 11.1 Å². The van der Waals surface area contributed by atoms with Gasteiger partial charge in [0.1, 0.15) is 5.03 Å². The average molecular weight is 184 g/mol. The molecule has 1 atom stereocenters. The molecular weight excluding hydrogens is 174 g/mol. The molecule has 0 spiro atoms. The van der Waals surface area contributed by atoms with Crippen LogP contribution in [0.15, 0.2) is 23.4 Å². The predicted octanol–water partition coefficient (Wildman–Crippen LogP) is 1.44. The Labute approximate surface area is 74.1 Å². The lowest BCUT2D eigenvalue weighted by molar-refractivity contribution is 0.533. The second-order valence-corrected chi connectivity index (χ2v) is 3.71. The predicted molar refractivity (Wildman–Crippen MR) is 45.5 cm³/mol. The van der Waals surface area contributed by atoms with E-state index in [0.29, 0.717) is 5.92 Å². The molecule has 66 valence electrons. The highest BCUT2D eigenvalue weighted by molar-refractivity contribution is 7.79. The first-order chi connectivity index (χ1) is 5.61. The second-order valence-electron chi connectivity index (χ2n) is 2.82. The molecule has 0 saturated carbocycles. The van der Waals surface area contributed by atoms with Crippen LogP contribution in [0.4, 0.5) is 0 Å². The molecule has 1 aromatic heterocycles. The van der Waals surface area contributed by atoms with Crippen LogP contribution in [0.1, 0.15) is 25.3 Å². The SMILES string of the molecule is CC(C)c1ccc(S(=O)[O-])nc1. The van der Waals surface area contributed by atoms with Gasteiger partial charge in [0, 0.05) is 6.20 Å². The van der Waals surface area contributed by atoms with E-state index in [-0.39, 0.29) is 5.03 Å². The molecule has 0 fully saturated rings. The maximum atomic E-state index is 10.4. The molecule has 1 aromatic rings. The molecule has 0 radical (unpaired) electrons. The summed E-state index contributed by atoms with van der Waals surface area (Å²) in [6.07, 6.45) is 1.59. The van der Waals surface area contributed by atoms with Crippen LogP contribution >= 0.6 is 0 Å². The average Bonchev–Trinajstić information content (AvgIpc) is 2.04. The third-order valence-corrected chi connectivity index (χ3v) is 2.18. The van der Waals surface area contributed by atoms with Crippen molar-refractivity contribution in [1.82, 2.24) is 4.98 Å². The van der Waals surface area contributed by atoms with Crippen LogP contribution in [0.2, 0.25) is 0 Å². The molecule has 0 bridgehead atoms. The zero-order chi connectivity index (χ0) is 9.14. The van der Waals surface area contributed by atoms with Crippen molar-refractivity contribution in [2.45, 2.75) is 24.8 Å². The normalized spacial score (nSPS) is 13.3. The molecule has 1 unspecified atom stereocenters. The Hall–Kier alpha value is -0.740. The molecular formula is C8H10NO2S-. The number of pyridine rings is 1. The molecule has 3 nitrogen and oxygen atoms in total. The third kappa shape index (κ3) is 2.12. The van der Waals surface area contributed by atoms with Gasteiger partial charge in [-0.05, 0) is 28.6 Å². The highest BCUT2D eigenvalue weighted by Crippen LogP contribution is 2.13. The molecule has 0 aliphatic heterocycles. The summed E-state index contributed by atoms with van der Waals surface area (Å²) in [6.45, 7) is 4.07. The zero-order valence-corrected chi connectivity index (χ0v) is 7.80. The van der Waals surface area contributed by atoms with Gasteiger partial charge in [0.15, 0.2) is 0 Å². The quantitative estimate of drug-likeness (QED) is 0.653. The molecule has 0 aromatic carbocycles. The van der Waals surface area contributed by atoms with E-state index >= 15 is 0 Å².